The maximum Gasteiger partial charge on any atom is 0.340 e. The fourth-order valence-corrected chi connectivity index (χ4v) is 2.09. The summed E-state index contributed by atoms with van der Waals surface area (Å²) in [7, 11) is 1.62. The van der Waals surface area contributed by atoms with Crippen LogP contribution in [-0.2, 0) is 9.47 Å². The van der Waals surface area contributed by atoms with E-state index in [0.29, 0.717) is 35.8 Å². The number of nitrogens with zero attached hydrogens (tertiary/aromatic N) is 1. The van der Waals surface area contributed by atoms with Crippen molar-refractivity contribution in [1.82, 2.24) is 4.98 Å². The molecule has 0 saturated heterocycles. The van der Waals surface area contributed by atoms with Crippen LogP contribution in [0.4, 0.5) is 11.5 Å². The molecule has 0 aliphatic rings. The molecule has 132 valence electrons. The molecule has 0 bridgehead atoms. The van der Waals surface area contributed by atoms with E-state index in [1.54, 1.807) is 50.4 Å². The fraction of sp³-hybridized carbons (Fsp3) is 0.278. The van der Waals surface area contributed by atoms with E-state index in [4.69, 9.17) is 9.47 Å². The normalized spacial score (nSPS) is 10.2. The zero-order chi connectivity index (χ0) is 18.1. The van der Waals surface area contributed by atoms with Crippen molar-refractivity contribution in [1.29, 1.82) is 0 Å². The highest BCUT2D eigenvalue weighted by atomic mass is 16.5. The number of pyridine rings is 1. The van der Waals surface area contributed by atoms with Crippen molar-refractivity contribution in [2.75, 3.05) is 37.5 Å². The molecule has 1 aromatic heterocycles. The average molecular weight is 343 g/mol. The van der Waals surface area contributed by atoms with E-state index in [0.717, 1.165) is 0 Å². The van der Waals surface area contributed by atoms with Crippen LogP contribution in [0.3, 0.4) is 0 Å². The minimum atomic E-state index is -0.478. The number of benzene rings is 1. The van der Waals surface area contributed by atoms with Crippen molar-refractivity contribution in [3.8, 4) is 0 Å². The second-order valence-electron chi connectivity index (χ2n) is 5.07. The smallest absolute Gasteiger partial charge is 0.340 e. The molecule has 7 heteroatoms. The van der Waals surface area contributed by atoms with Gasteiger partial charge in [-0.25, -0.2) is 9.78 Å². The van der Waals surface area contributed by atoms with Gasteiger partial charge in [-0.1, -0.05) is 12.1 Å². The Hall–Kier alpha value is -2.93. The van der Waals surface area contributed by atoms with Crippen molar-refractivity contribution in [2.24, 2.45) is 0 Å². The van der Waals surface area contributed by atoms with E-state index in [9.17, 15) is 9.59 Å². The summed E-state index contributed by atoms with van der Waals surface area (Å²) >= 11 is 0. The molecule has 2 aromatic rings. The van der Waals surface area contributed by atoms with Gasteiger partial charge >= 0.3 is 5.97 Å². The zero-order valence-corrected chi connectivity index (χ0v) is 14.2. The van der Waals surface area contributed by atoms with E-state index in [-0.39, 0.29) is 12.5 Å². The Morgan fingerprint density at radius 3 is 2.64 bits per heavy atom. The summed E-state index contributed by atoms with van der Waals surface area (Å²) in [5.74, 6) is -0.178. The molecular formula is C18H21N3O4. The third-order valence-electron chi connectivity index (χ3n) is 3.31. The number of methoxy groups -OCH3 is 1. The molecule has 0 atom stereocenters. The molecule has 0 aliphatic carbocycles. The van der Waals surface area contributed by atoms with Crippen LogP contribution in [0.2, 0.25) is 0 Å². The van der Waals surface area contributed by atoms with Crippen molar-refractivity contribution in [3.63, 3.8) is 0 Å². The van der Waals surface area contributed by atoms with Gasteiger partial charge in [0.25, 0.3) is 5.91 Å². The summed E-state index contributed by atoms with van der Waals surface area (Å²) in [5.41, 5.74) is 1.09. The summed E-state index contributed by atoms with van der Waals surface area (Å²) < 4.78 is 9.94. The number of aromatic nitrogens is 1. The SMILES string of the molecule is CCOC(=O)c1ccccc1NC(=O)c1ccc(NCCOC)nc1. The second kappa shape index (κ2) is 9.39. The van der Waals surface area contributed by atoms with Crippen LogP contribution in [0.25, 0.3) is 0 Å². The van der Waals surface area contributed by atoms with Gasteiger partial charge in [0.2, 0.25) is 0 Å². The number of ether oxygens (including phenoxy) is 2. The fourth-order valence-electron chi connectivity index (χ4n) is 2.09. The van der Waals surface area contributed by atoms with Gasteiger partial charge in [-0.05, 0) is 31.2 Å². The molecule has 1 aromatic carbocycles. The number of hydrogen-bond donors (Lipinski definition) is 2. The molecule has 0 radical (unpaired) electrons. The topological polar surface area (TPSA) is 89.5 Å². The molecule has 0 unspecified atom stereocenters. The predicted molar refractivity (Wildman–Crippen MR) is 95.0 cm³/mol. The van der Waals surface area contributed by atoms with Gasteiger partial charge in [-0.15, -0.1) is 0 Å². The van der Waals surface area contributed by atoms with Gasteiger partial charge in [0.15, 0.2) is 0 Å². The largest absolute Gasteiger partial charge is 0.462 e. The van der Waals surface area contributed by atoms with E-state index >= 15 is 0 Å². The average Bonchev–Trinajstić information content (AvgIpc) is 2.63. The zero-order valence-electron chi connectivity index (χ0n) is 14.2. The Bertz CT molecular complexity index is 717. The minimum absolute atomic E-state index is 0.266. The van der Waals surface area contributed by atoms with Gasteiger partial charge in [0.05, 0.1) is 30.0 Å². The van der Waals surface area contributed by atoms with Crippen molar-refractivity contribution in [2.45, 2.75) is 6.92 Å². The minimum Gasteiger partial charge on any atom is -0.462 e. The Morgan fingerprint density at radius 1 is 1.16 bits per heavy atom. The predicted octanol–water partition coefficient (Wildman–Crippen LogP) is 2.57. The van der Waals surface area contributed by atoms with E-state index < -0.39 is 5.97 Å². The van der Waals surface area contributed by atoms with Crippen molar-refractivity contribution >= 4 is 23.4 Å². The van der Waals surface area contributed by atoms with Gasteiger partial charge in [-0.3, -0.25) is 4.79 Å². The first kappa shape index (κ1) is 18.4. The maximum atomic E-state index is 12.4. The maximum absolute atomic E-state index is 12.4. The van der Waals surface area contributed by atoms with Crippen molar-refractivity contribution in [3.05, 3.63) is 53.7 Å². The van der Waals surface area contributed by atoms with Crippen LogP contribution >= 0.6 is 0 Å². The van der Waals surface area contributed by atoms with Gasteiger partial charge in [-0.2, -0.15) is 0 Å². The number of hydrogen-bond acceptors (Lipinski definition) is 6. The van der Waals surface area contributed by atoms with Crippen LogP contribution < -0.4 is 10.6 Å². The summed E-state index contributed by atoms with van der Waals surface area (Å²) in [5, 5.41) is 5.79. The number of anilines is 2. The molecule has 0 fully saturated rings. The summed E-state index contributed by atoms with van der Waals surface area (Å²) in [4.78, 5) is 28.5. The van der Waals surface area contributed by atoms with Gasteiger partial charge in [0, 0.05) is 19.9 Å². The first-order chi connectivity index (χ1) is 12.2. The Morgan fingerprint density at radius 2 is 1.96 bits per heavy atom. The first-order valence-electron chi connectivity index (χ1n) is 7.92. The number of rotatable bonds is 8. The molecule has 0 spiro atoms. The Labute approximate surface area is 146 Å². The lowest BCUT2D eigenvalue weighted by atomic mass is 10.1. The lowest BCUT2D eigenvalue weighted by Gasteiger charge is -2.10. The monoisotopic (exact) mass is 343 g/mol. The molecule has 0 saturated carbocycles. The van der Waals surface area contributed by atoms with E-state index in [2.05, 4.69) is 15.6 Å². The van der Waals surface area contributed by atoms with Gasteiger partial charge in [0.1, 0.15) is 5.82 Å². The lowest BCUT2D eigenvalue weighted by Crippen LogP contribution is -2.16. The van der Waals surface area contributed by atoms with Crippen molar-refractivity contribution < 1.29 is 19.1 Å². The quantitative estimate of drug-likeness (QED) is 0.566. The van der Waals surface area contributed by atoms with E-state index in [1.807, 2.05) is 0 Å². The molecule has 25 heavy (non-hydrogen) atoms. The number of amides is 1. The third-order valence-corrected chi connectivity index (χ3v) is 3.31. The summed E-state index contributed by atoms with van der Waals surface area (Å²) in [6.45, 7) is 3.19. The first-order valence-corrected chi connectivity index (χ1v) is 7.92. The van der Waals surface area contributed by atoms with Crippen LogP contribution in [0.1, 0.15) is 27.6 Å². The molecule has 2 rings (SSSR count). The van der Waals surface area contributed by atoms with E-state index in [1.165, 1.54) is 6.20 Å². The molecular weight excluding hydrogens is 322 g/mol. The molecule has 1 heterocycles. The van der Waals surface area contributed by atoms with Gasteiger partial charge < -0.3 is 20.1 Å². The number of para-hydroxylation sites is 1. The Kier molecular flexibility index (Phi) is 6.91. The van der Waals surface area contributed by atoms with Crippen LogP contribution in [0, 0.1) is 0 Å². The molecule has 1 amide bonds. The highest BCUT2D eigenvalue weighted by Crippen LogP contribution is 2.17. The lowest BCUT2D eigenvalue weighted by molar-refractivity contribution is 0.0527. The third kappa shape index (κ3) is 5.29. The standard InChI is InChI=1S/C18H21N3O4/c1-3-25-18(23)14-6-4-5-7-15(14)21-17(22)13-8-9-16(20-12-13)19-10-11-24-2/h4-9,12H,3,10-11H2,1-2H3,(H,19,20)(H,21,22). The van der Waals surface area contributed by atoms with Crippen LogP contribution in [-0.4, -0.2) is 43.7 Å². The summed E-state index contributed by atoms with van der Waals surface area (Å²) in [6, 6.07) is 10.1. The van der Waals surface area contributed by atoms with Crippen LogP contribution in [0.15, 0.2) is 42.6 Å². The molecule has 2 N–H and O–H groups in total. The number of esters is 1. The Balaban J connectivity index is 2.06. The number of carbonyl (C=O) groups is 2. The molecule has 0 aliphatic heterocycles. The number of nitrogens with one attached hydrogen (secondary N) is 2. The highest BCUT2D eigenvalue weighted by molar-refractivity contribution is 6.07. The van der Waals surface area contributed by atoms with Crippen LogP contribution in [0.5, 0.6) is 0 Å². The number of carbonyl (C=O) groups excluding carboxylic acids is 2. The molecule has 7 nitrogen and oxygen atoms in total. The highest BCUT2D eigenvalue weighted by Gasteiger charge is 2.15. The summed E-state index contributed by atoms with van der Waals surface area (Å²) in [6.07, 6.45) is 1.47. The second-order valence-corrected chi connectivity index (χ2v) is 5.07.